The normalized spacial score (nSPS) is 17.9. The molecule has 7 nitrogen and oxygen atoms in total. The first-order chi connectivity index (χ1) is 17.0. The van der Waals surface area contributed by atoms with E-state index in [1.807, 2.05) is 64.2 Å². The summed E-state index contributed by atoms with van der Waals surface area (Å²) in [6, 6.07) is 14.5. The van der Waals surface area contributed by atoms with Crippen molar-refractivity contribution in [2.24, 2.45) is 0 Å². The summed E-state index contributed by atoms with van der Waals surface area (Å²) in [5.41, 5.74) is 3.42. The van der Waals surface area contributed by atoms with Crippen molar-refractivity contribution in [2.75, 3.05) is 28.3 Å². The molecule has 0 aliphatic heterocycles. The van der Waals surface area contributed by atoms with Crippen molar-refractivity contribution in [1.82, 2.24) is 15.1 Å². The highest BCUT2D eigenvalue weighted by Crippen LogP contribution is 2.29. The van der Waals surface area contributed by atoms with Crippen LogP contribution < -0.4 is 10.1 Å². The number of rotatable bonds is 7. The maximum absolute atomic E-state index is 12.4. The first-order valence-corrected chi connectivity index (χ1v) is 12.7. The van der Waals surface area contributed by atoms with Gasteiger partial charge >= 0.3 is 6.09 Å². The number of carbonyl (C=O) groups excluding carboxylic acids is 2. The second-order valence-corrected chi connectivity index (χ2v) is 10.8. The molecule has 1 N–H and O–H groups in total. The van der Waals surface area contributed by atoms with Crippen LogP contribution in [-0.2, 0) is 11.3 Å². The lowest BCUT2D eigenvalue weighted by Gasteiger charge is -2.36. The molecule has 7 heteroatoms. The van der Waals surface area contributed by atoms with E-state index in [1.54, 1.807) is 31.0 Å². The number of carbonyl (C=O) groups is 2. The van der Waals surface area contributed by atoms with Crippen molar-refractivity contribution < 1.29 is 19.1 Å². The molecule has 2 aromatic carbocycles. The number of ether oxygens (including phenoxy) is 2. The van der Waals surface area contributed by atoms with Gasteiger partial charge in [0, 0.05) is 50.9 Å². The third-order valence-electron chi connectivity index (χ3n) is 6.66. The second kappa shape index (κ2) is 11.8. The Hall–Kier alpha value is -3.06. The van der Waals surface area contributed by atoms with Gasteiger partial charge in [-0.05, 0) is 81.8 Å². The fraction of sp³-hybridized carbons (Fsp3) is 0.517. The van der Waals surface area contributed by atoms with Gasteiger partial charge in [-0.2, -0.15) is 0 Å². The molecule has 36 heavy (non-hydrogen) atoms. The average Bonchev–Trinajstić information content (AvgIpc) is 2.85. The highest BCUT2D eigenvalue weighted by atomic mass is 16.6. The third-order valence-corrected chi connectivity index (χ3v) is 6.66. The molecule has 1 aliphatic rings. The maximum Gasteiger partial charge on any atom is 0.410 e. The van der Waals surface area contributed by atoms with E-state index in [0.29, 0.717) is 18.2 Å². The number of hydrogen-bond donors (Lipinski definition) is 1. The zero-order valence-corrected chi connectivity index (χ0v) is 22.8. The lowest BCUT2D eigenvalue weighted by Crippen LogP contribution is -2.44. The standard InChI is InChI=1S/C29H41N3O4/c1-29(2,3)36-28(34)32(6)25-15-13-24(14-16-25)30-19-23-18-22(12-17-26(23)35-7)20-8-10-21(11-9-20)27(33)31(4)5/h8-12,17-18,24-25,30H,13-16,19H2,1-7H3. The van der Waals surface area contributed by atoms with Crippen LogP contribution in [0.25, 0.3) is 11.1 Å². The van der Waals surface area contributed by atoms with Crippen molar-refractivity contribution >= 4 is 12.0 Å². The van der Waals surface area contributed by atoms with Gasteiger partial charge < -0.3 is 24.6 Å². The molecular weight excluding hydrogens is 454 g/mol. The molecule has 0 bridgehead atoms. The topological polar surface area (TPSA) is 71.1 Å². The largest absolute Gasteiger partial charge is 0.496 e. The number of benzene rings is 2. The van der Waals surface area contributed by atoms with Gasteiger partial charge in [-0.3, -0.25) is 4.79 Å². The molecule has 2 amide bonds. The number of nitrogens with one attached hydrogen (secondary N) is 1. The number of amides is 2. The van der Waals surface area contributed by atoms with Gasteiger partial charge in [-0.1, -0.05) is 18.2 Å². The molecule has 1 saturated carbocycles. The van der Waals surface area contributed by atoms with Crippen LogP contribution >= 0.6 is 0 Å². The van der Waals surface area contributed by atoms with E-state index in [0.717, 1.165) is 48.1 Å². The van der Waals surface area contributed by atoms with Crippen LogP contribution in [0.4, 0.5) is 4.79 Å². The van der Waals surface area contributed by atoms with Crippen molar-refractivity contribution in [3.63, 3.8) is 0 Å². The average molecular weight is 496 g/mol. The highest BCUT2D eigenvalue weighted by Gasteiger charge is 2.29. The number of hydrogen-bond acceptors (Lipinski definition) is 5. The summed E-state index contributed by atoms with van der Waals surface area (Å²) in [6.07, 6.45) is 3.65. The molecule has 1 aliphatic carbocycles. The third kappa shape index (κ3) is 7.23. The summed E-state index contributed by atoms with van der Waals surface area (Å²) in [4.78, 5) is 27.9. The van der Waals surface area contributed by atoms with Crippen LogP contribution in [-0.4, -0.2) is 67.7 Å². The fourth-order valence-electron chi connectivity index (χ4n) is 4.56. The summed E-state index contributed by atoms with van der Waals surface area (Å²) >= 11 is 0. The minimum absolute atomic E-state index is 0.00632. The summed E-state index contributed by atoms with van der Waals surface area (Å²) in [5, 5.41) is 3.69. The quantitative estimate of drug-likeness (QED) is 0.562. The summed E-state index contributed by atoms with van der Waals surface area (Å²) in [5.74, 6) is 0.845. The molecule has 196 valence electrons. The van der Waals surface area contributed by atoms with Crippen molar-refractivity contribution in [2.45, 2.75) is 70.7 Å². The minimum Gasteiger partial charge on any atom is -0.496 e. The van der Waals surface area contributed by atoms with Crippen LogP contribution in [0.1, 0.15) is 62.4 Å². The Labute approximate surface area is 215 Å². The molecule has 1 fully saturated rings. The fourth-order valence-corrected chi connectivity index (χ4v) is 4.56. The zero-order chi connectivity index (χ0) is 26.5. The molecule has 3 rings (SSSR count). The second-order valence-electron chi connectivity index (χ2n) is 10.8. The Kier molecular flexibility index (Phi) is 9.01. The van der Waals surface area contributed by atoms with Gasteiger partial charge in [0.2, 0.25) is 0 Å². The van der Waals surface area contributed by atoms with Crippen molar-refractivity contribution in [3.8, 4) is 16.9 Å². The van der Waals surface area contributed by atoms with Crippen LogP contribution in [0, 0.1) is 0 Å². The highest BCUT2D eigenvalue weighted by molar-refractivity contribution is 5.94. The molecule has 0 aromatic heterocycles. The Morgan fingerprint density at radius 3 is 2.11 bits per heavy atom. The molecule has 0 heterocycles. The maximum atomic E-state index is 12.4. The molecule has 2 aromatic rings. The molecule has 0 unspecified atom stereocenters. The Morgan fingerprint density at radius 1 is 0.944 bits per heavy atom. The summed E-state index contributed by atoms with van der Waals surface area (Å²) in [6.45, 7) is 6.38. The van der Waals surface area contributed by atoms with E-state index in [1.165, 1.54) is 0 Å². The van der Waals surface area contributed by atoms with Crippen LogP contribution in [0.15, 0.2) is 42.5 Å². The molecular formula is C29H41N3O4. The van der Waals surface area contributed by atoms with Crippen LogP contribution in [0.2, 0.25) is 0 Å². The lowest BCUT2D eigenvalue weighted by atomic mass is 9.90. The Balaban J connectivity index is 1.60. The van der Waals surface area contributed by atoms with E-state index in [4.69, 9.17) is 9.47 Å². The van der Waals surface area contributed by atoms with E-state index < -0.39 is 5.60 Å². The molecule has 0 radical (unpaired) electrons. The van der Waals surface area contributed by atoms with Crippen molar-refractivity contribution in [3.05, 3.63) is 53.6 Å². The SMILES string of the molecule is COc1ccc(-c2ccc(C(=O)N(C)C)cc2)cc1CNC1CCC(N(C)C(=O)OC(C)(C)C)CC1. The first kappa shape index (κ1) is 27.5. The monoisotopic (exact) mass is 495 g/mol. The van der Waals surface area contributed by atoms with E-state index >= 15 is 0 Å². The van der Waals surface area contributed by atoms with Gasteiger partial charge in [0.25, 0.3) is 5.91 Å². The van der Waals surface area contributed by atoms with Gasteiger partial charge in [0.1, 0.15) is 11.4 Å². The van der Waals surface area contributed by atoms with E-state index in [2.05, 4.69) is 11.4 Å². The van der Waals surface area contributed by atoms with Crippen LogP contribution in [0.3, 0.4) is 0 Å². The summed E-state index contributed by atoms with van der Waals surface area (Å²) in [7, 11) is 7.04. The van der Waals surface area contributed by atoms with Crippen LogP contribution in [0.5, 0.6) is 5.75 Å². The predicted molar refractivity (Wildman–Crippen MR) is 143 cm³/mol. The summed E-state index contributed by atoms with van der Waals surface area (Å²) < 4.78 is 11.1. The van der Waals surface area contributed by atoms with E-state index in [-0.39, 0.29) is 18.0 Å². The number of nitrogens with zero attached hydrogens (tertiary/aromatic N) is 2. The first-order valence-electron chi connectivity index (χ1n) is 12.7. The molecule has 0 saturated heterocycles. The van der Waals surface area contributed by atoms with E-state index in [9.17, 15) is 9.59 Å². The smallest absolute Gasteiger partial charge is 0.410 e. The van der Waals surface area contributed by atoms with Gasteiger partial charge in [0.05, 0.1) is 7.11 Å². The van der Waals surface area contributed by atoms with Gasteiger partial charge in [-0.15, -0.1) is 0 Å². The predicted octanol–water partition coefficient (Wildman–Crippen LogP) is 5.33. The lowest BCUT2D eigenvalue weighted by molar-refractivity contribution is 0.0179. The molecule has 0 spiro atoms. The molecule has 0 atom stereocenters. The van der Waals surface area contributed by atoms with Gasteiger partial charge in [-0.25, -0.2) is 4.79 Å². The minimum atomic E-state index is -0.483. The number of methoxy groups -OCH3 is 1. The Bertz CT molecular complexity index is 1040. The van der Waals surface area contributed by atoms with Crippen molar-refractivity contribution in [1.29, 1.82) is 0 Å². The Morgan fingerprint density at radius 2 is 1.56 bits per heavy atom. The van der Waals surface area contributed by atoms with Gasteiger partial charge in [0.15, 0.2) is 0 Å². The zero-order valence-electron chi connectivity index (χ0n) is 22.8.